The van der Waals surface area contributed by atoms with E-state index in [1.165, 1.54) is 6.07 Å². The van der Waals surface area contributed by atoms with Crippen LogP contribution in [0.15, 0.2) is 66.7 Å². The van der Waals surface area contributed by atoms with Gasteiger partial charge in [-0.2, -0.15) is 0 Å². The fraction of sp³-hybridized carbons (Fsp3) is 0. The molecule has 0 aliphatic rings. The summed E-state index contributed by atoms with van der Waals surface area (Å²) in [7, 11) is 0. The molecule has 0 saturated carbocycles. The summed E-state index contributed by atoms with van der Waals surface area (Å²) in [5.74, 6) is 0.237. The quantitative estimate of drug-likeness (QED) is 0.701. The number of hydrogen-bond donors (Lipinski definition) is 2. The Labute approximate surface area is 128 Å². The van der Waals surface area contributed by atoms with Crippen LogP contribution in [0.4, 0.5) is 15.8 Å². The Morgan fingerprint density at radius 2 is 1.55 bits per heavy atom. The first-order valence-corrected chi connectivity index (χ1v) is 6.81. The molecule has 3 aromatic rings. The predicted octanol–water partition coefficient (Wildman–Crippen LogP) is 4.45. The van der Waals surface area contributed by atoms with Crippen LogP contribution in [0.3, 0.4) is 0 Å². The van der Waals surface area contributed by atoms with E-state index in [4.69, 9.17) is 16.2 Å². The van der Waals surface area contributed by atoms with E-state index in [0.717, 1.165) is 5.56 Å². The van der Waals surface area contributed by atoms with Crippen molar-refractivity contribution in [3.05, 3.63) is 72.5 Å². The van der Waals surface area contributed by atoms with Crippen LogP contribution in [0, 0.1) is 5.82 Å². The van der Waals surface area contributed by atoms with E-state index in [1.807, 2.05) is 18.2 Å². The van der Waals surface area contributed by atoms with Gasteiger partial charge >= 0.3 is 0 Å². The van der Waals surface area contributed by atoms with Crippen LogP contribution in [-0.4, -0.2) is 0 Å². The van der Waals surface area contributed by atoms with Gasteiger partial charge in [-0.05, 0) is 48.0 Å². The molecule has 22 heavy (non-hydrogen) atoms. The van der Waals surface area contributed by atoms with Crippen LogP contribution in [-0.2, 0) is 0 Å². The molecule has 0 unspecified atom stereocenters. The second kappa shape index (κ2) is 5.77. The Balaban J connectivity index is 1.89. The normalized spacial score (nSPS) is 10.4. The molecule has 0 amide bonds. The zero-order valence-corrected chi connectivity index (χ0v) is 11.8. The highest BCUT2D eigenvalue weighted by atomic mass is 19.1. The van der Waals surface area contributed by atoms with Crippen molar-refractivity contribution in [3.63, 3.8) is 0 Å². The summed E-state index contributed by atoms with van der Waals surface area (Å²) in [5.41, 5.74) is 14.3. The first-order chi connectivity index (χ1) is 10.6. The summed E-state index contributed by atoms with van der Waals surface area (Å²) in [6.07, 6.45) is 0. The first-order valence-electron chi connectivity index (χ1n) is 6.81. The molecule has 3 aromatic carbocycles. The highest BCUT2D eigenvalue weighted by Gasteiger charge is 2.09. The van der Waals surface area contributed by atoms with Crippen molar-refractivity contribution in [2.75, 3.05) is 11.5 Å². The first kappa shape index (κ1) is 13.9. The van der Waals surface area contributed by atoms with Crippen LogP contribution in [0.5, 0.6) is 11.5 Å². The lowest BCUT2D eigenvalue weighted by molar-refractivity contribution is 0.442. The molecule has 0 spiro atoms. The third-order valence-corrected chi connectivity index (χ3v) is 3.31. The molecule has 0 fully saturated rings. The number of benzene rings is 3. The maximum absolute atomic E-state index is 14.2. The summed E-state index contributed by atoms with van der Waals surface area (Å²) >= 11 is 0. The summed E-state index contributed by atoms with van der Waals surface area (Å²) in [6, 6.07) is 18.9. The number of nitrogens with two attached hydrogens (primary N) is 2. The van der Waals surface area contributed by atoms with Crippen LogP contribution in [0.2, 0.25) is 0 Å². The van der Waals surface area contributed by atoms with E-state index in [-0.39, 0.29) is 5.75 Å². The largest absolute Gasteiger partial charge is 0.454 e. The summed E-state index contributed by atoms with van der Waals surface area (Å²) in [6.45, 7) is 0. The van der Waals surface area contributed by atoms with E-state index in [1.54, 1.807) is 42.5 Å². The van der Waals surface area contributed by atoms with Gasteiger partial charge in [-0.15, -0.1) is 0 Å². The zero-order valence-electron chi connectivity index (χ0n) is 11.8. The van der Waals surface area contributed by atoms with Gasteiger partial charge in [0.25, 0.3) is 0 Å². The molecule has 0 heterocycles. The molecule has 0 atom stereocenters. The molecule has 0 radical (unpaired) electrons. The predicted molar refractivity (Wildman–Crippen MR) is 87.2 cm³/mol. The fourth-order valence-corrected chi connectivity index (χ4v) is 2.17. The van der Waals surface area contributed by atoms with Gasteiger partial charge in [-0.3, -0.25) is 0 Å². The van der Waals surface area contributed by atoms with Crippen molar-refractivity contribution in [3.8, 4) is 22.6 Å². The van der Waals surface area contributed by atoms with Gasteiger partial charge in [0.2, 0.25) is 0 Å². The van der Waals surface area contributed by atoms with Crippen LogP contribution in [0.1, 0.15) is 0 Å². The SMILES string of the molecule is Nc1ccc(Oc2ccc(-c3ccccc3N)cc2F)cc1. The highest BCUT2D eigenvalue weighted by molar-refractivity contribution is 5.76. The van der Waals surface area contributed by atoms with Gasteiger partial charge in [0.15, 0.2) is 11.6 Å². The minimum Gasteiger partial charge on any atom is -0.454 e. The number of anilines is 2. The van der Waals surface area contributed by atoms with Crippen molar-refractivity contribution < 1.29 is 9.13 Å². The van der Waals surface area contributed by atoms with Gasteiger partial charge in [-0.25, -0.2) is 4.39 Å². The third kappa shape index (κ3) is 2.86. The minimum atomic E-state index is -0.447. The number of nitrogen functional groups attached to an aromatic ring is 2. The van der Waals surface area contributed by atoms with Gasteiger partial charge in [0.05, 0.1) is 0 Å². The third-order valence-electron chi connectivity index (χ3n) is 3.31. The van der Waals surface area contributed by atoms with Gasteiger partial charge in [0, 0.05) is 16.9 Å². The Morgan fingerprint density at radius 1 is 0.818 bits per heavy atom. The number of halogens is 1. The molecule has 4 heteroatoms. The Hall–Kier alpha value is -3.01. The van der Waals surface area contributed by atoms with E-state index in [9.17, 15) is 4.39 Å². The molecule has 0 aliphatic carbocycles. The number of ether oxygens (including phenoxy) is 1. The van der Waals surface area contributed by atoms with Crippen LogP contribution >= 0.6 is 0 Å². The summed E-state index contributed by atoms with van der Waals surface area (Å²) in [4.78, 5) is 0. The number of para-hydroxylation sites is 1. The molecule has 110 valence electrons. The molecule has 0 aromatic heterocycles. The second-order valence-corrected chi connectivity index (χ2v) is 4.90. The molecule has 3 nitrogen and oxygen atoms in total. The van der Waals surface area contributed by atoms with Crippen molar-refractivity contribution in [1.82, 2.24) is 0 Å². The molecule has 0 aliphatic heterocycles. The Bertz CT molecular complexity index is 800. The summed E-state index contributed by atoms with van der Waals surface area (Å²) in [5, 5.41) is 0. The van der Waals surface area contributed by atoms with Gasteiger partial charge < -0.3 is 16.2 Å². The van der Waals surface area contributed by atoms with Gasteiger partial charge in [-0.1, -0.05) is 24.3 Å². The van der Waals surface area contributed by atoms with E-state index < -0.39 is 5.82 Å². The standard InChI is InChI=1S/C18H15FN2O/c19-16-11-12(15-3-1-2-4-17(15)21)5-10-18(16)22-14-8-6-13(20)7-9-14/h1-11H,20-21H2. The topological polar surface area (TPSA) is 61.3 Å². The van der Waals surface area contributed by atoms with Crippen molar-refractivity contribution in [2.24, 2.45) is 0 Å². The van der Waals surface area contributed by atoms with Crippen molar-refractivity contribution in [2.45, 2.75) is 0 Å². The minimum absolute atomic E-state index is 0.156. The van der Waals surface area contributed by atoms with Crippen molar-refractivity contribution >= 4 is 11.4 Å². The lowest BCUT2D eigenvalue weighted by atomic mass is 10.0. The smallest absolute Gasteiger partial charge is 0.166 e. The molecule has 0 saturated heterocycles. The van der Waals surface area contributed by atoms with Crippen LogP contribution < -0.4 is 16.2 Å². The number of rotatable bonds is 3. The maximum Gasteiger partial charge on any atom is 0.166 e. The molecule has 0 bridgehead atoms. The average molecular weight is 294 g/mol. The molecule has 3 rings (SSSR count). The molecule has 4 N–H and O–H groups in total. The lowest BCUT2D eigenvalue weighted by Crippen LogP contribution is -1.92. The second-order valence-electron chi connectivity index (χ2n) is 4.90. The average Bonchev–Trinajstić information content (AvgIpc) is 2.52. The lowest BCUT2D eigenvalue weighted by Gasteiger charge is -2.10. The van der Waals surface area contributed by atoms with Crippen LogP contribution in [0.25, 0.3) is 11.1 Å². The number of hydrogen-bond acceptors (Lipinski definition) is 3. The summed E-state index contributed by atoms with van der Waals surface area (Å²) < 4.78 is 19.8. The van der Waals surface area contributed by atoms with E-state index in [2.05, 4.69) is 0 Å². The molecular formula is C18H15FN2O. The van der Waals surface area contributed by atoms with E-state index >= 15 is 0 Å². The Kier molecular flexibility index (Phi) is 3.66. The zero-order chi connectivity index (χ0) is 15.5. The Morgan fingerprint density at radius 3 is 2.23 bits per heavy atom. The monoisotopic (exact) mass is 294 g/mol. The van der Waals surface area contributed by atoms with E-state index in [0.29, 0.717) is 22.7 Å². The maximum atomic E-state index is 14.2. The highest BCUT2D eigenvalue weighted by Crippen LogP contribution is 2.31. The van der Waals surface area contributed by atoms with Crippen molar-refractivity contribution in [1.29, 1.82) is 0 Å². The fourth-order valence-electron chi connectivity index (χ4n) is 2.17. The molecular weight excluding hydrogens is 279 g/mol. The van der Waals surface area contributed by atoms with Gasteiger partial charge in [0.1, 0.15) is 5.75 Å².